The highest BCUT2D eigenvalue weighted by Crippen LogP contribution is 2.25. The molecule has 2 N–H and O–H groups in total. The average Bonchev–Trinajstić information content (AvgIpc) is 2.63. The summed E-state index contributed by atoms with van der Waals surface area (Å²) < 4.78 is 5.52. The highest BCUT2D eigenvalue weighted by Gasteiger charge is 2.16. The topological polar surface area (TPSA) is 92.7 Å². The van der Waals surface area contributed by atoms with E-state index in [1.54, 1.807) is 36.4 Å². The van der Waals surface area contributed by atoms with Gasteiger partial charge in [-0.3, -0.25) is 9.59 Å². The van der Waals surface area contributed by atoms with Crippen molar-refractivity contribution < 1.29 is 19.4 Å². The minimum absolute atomic E-state index is 0.0609. The van der Waals surface area contributed by atoms with Crippen LogP contribution in [0.4, 0.5) is 5.69 Å². The Labute approximate surface area is 119 Å². The molecule has 0 aliphatic heterocycles. The van der Waals surface area contributed by atoms with E-state index in [-0.39, 0.29) is 11.4 Å². The number of aliphatic carboxylic acids is 1. The first-order valence-corrected chi connectivity index (χ1v) is 5.98. The summed E-state index contributed by atoms with van der Waals surface area (Å²) in [7, 11) is 0. The fraction of sp³-hybridized carbons (Fsp3) is 0. The molecule has 6 nitrogen and oxygen atoms in total. The van der Waals surface area contributed by atoms with E-state index in [1.165, 1.54) is 18.2 Å². The van der Waals surface area contributed by atoms with Crippen LogP contribution in [0, 0.1) is 0 Å². The monoisotopic (exact) mass is 285 g/mol. The Morgan fingerprint density at radius 1 is 0.952 bits per heavy atom. The molecule has 21 heavy (non-hydrogen) atoms. The van der Waals surface area contributed by atoms with E-state index < -0.39 is 17.3 Å². The van der Waals surface area contributed by atoms with Crippen molar-refractivity contribution in [1.82, 2.24) is 0 Å². The van der Waals surface area contributed by atoms with Gasteiger partial charge >= 0.3 is 11.9 Å². The molecule has 0 spiro atoms. The summed E-state index contributed by atoms with van der Waals surface area (Å²) in [6.45, 7) is 0. The van der Waals surface area contributed by atoms with E-state index in [2.05, 4.69) is 0 Å². The molecular weight excluding hydrogens is 274 g/mol. The fourth-order valence-electron chi connectivity index (χ4n) is 1.56. The Bertz CT molecular complexity index is 728. The lowest BCUT2D eigenvalue weighted by molar-refractivity contribution is -0.147. The van der Waals surface area contributed by atoms with Crippen LogP contribution in [0.2, 0.25) is 0 Å². The zero-order valence-electron chi connectivity index (χ0n) is 10.8. The third-order valence-electron chi connectivity index (χ3n) is 2.50. The summed E-state index contributed by atoms with van der Waals surface area (Å²) in [6.07, 6.45) is 0. The number of carbonyl (C=O) groups excluding carboxylic acids is 1. The van der Waals surface area contributed by atoms with E-state index in [9.17, 15) is 14.4 Å². The summed E-state index contributed by atoms with van der Waals surface area (Å²) in [5.74, 6) is -2.48. The number of ether oxygens (including phenoxy) is 1. The Hall–Kier alpha value is -3.15. The van der Waals surface area contributed by atoms with Crippen molar-refractivity contribution in [3.8, 4) is 11.5 Å². The maximum atomic E-state index is 11.9. The molecule has 0 atom stereocenters. The van der Waals surface area contributed by atoms with Crippen LogP contribution in [0.25, 0.3) is 0 Å². The van der Waals surface area contributed by atoms with Gasteiger partial charge in [-0.25, -0.2) is 4.79 Å². The van der Waals surface area contributed by atoms with Gasteiger partial charge in [0.1, 0.15) is 11.4 Å². The number of nitrogens with one attached hydrogen (secondary N) is 1. The number of carboxylic acid groups (broad SMARTS) is 1. The maximum absolute atomic E-state index is 11.9. The molecule has 0 saturated carbocycles. The first-order chi connectivity index (χ1) is 10.1. The highest BCUT2D eigenvalue weighted by molar-refractivity contribution is 6.36. The zero-order valence-corrected chi connectivity index (χ0v) is 10.8. The molecule has 2 aromatic carbocycles. The second kappa shape index (κ2) is 6.33. The van der Waals surface area contributed by atoms with Crippen LogP contribution in [0.5, 0.6) is 11.5 Å². The van der Waals surface area contributed by atoms with E-state index in [0.717, 1.165) is 0 Å². The third kappa shape index (κ3) is 3.66. The minimum Gasteiger partial charge on any atom is -0.474 e. The first kappa shape index (κ1) is 14.3. The Kier molecular flexibility index (Phi) is 4.30. The van der Waals surface area contributed by atoms with Crippen molar-refractivity contribution in [3.63, 3.8) is 0 Å². The van der Waals surface area contributed by atoms with Crippen LogP contribution in [0.1, 0.15) is 0 Å². The van der Waals surface area contributed by atoms with Crippen LogP contribution >= 0.6 is 0 Å². The lowest BCUT2D eigenvalue weighted by atomic mass is 10.3. The molecule has 0 aromatic heterocycles. The minimum atomic E-state index is -1.69. The molecule has 0 saturated heterocycles. The largest absolute Gasteiger partial charge is 0.474 e. The molecule has 0 aliphatic carbocycles. The van der Waals surface area contributed by atoms with Crippen LogP contribution in [-0.2, 0) is 9.59 Å². The van der Waals surface area contributed by atoms with Crippen LogP contribution < -0.4 is 15.5 Å². The molecule has 6 heteroatoms. The van der Waals surface area contributed by atoms with Crippen molar-refractivity contribution in [2.45, 2.75) is 0 Å². The van der Waals surface area contributed by atoms with Crippen molar-refractivity contribution >= 4 is 17.6 Å². The van der Waals surface area contributed by atoms with Gasteiger partial charge in [-0.2, -0.15) is 0 Å². The smallest absolute Gasteiger partial charge is 0.394 e. The maximum Gasteiger partial charge on any atom is 0.394 e. The highest BCUT2D eigenvalue weighted by atomic mass is 16.5. The van der Waals surface area contributed by atoms with Gasteiger partial charge in [-0.05, 0) is 24.3 Å². The van der Waals surface area contributed by atoms with Gasteiger partial charge in [0.15, 0.2) is 5.75 Å². The molecule has 0 unspecified atom stereocenters. The zero-order chi connectivity index (χ0) is 15.2. The SMILES string of the molecule is O=C(O)C(=O)Nc1c(Oc2ccccc2)ccccc1=O. The molecule has 2 aromatic rings. The normalized spacial score (nSPS) is 9.71. The standard InChI is InChI=1S/C15H11NO5/c17-11-8-4-5-9-12(13(11)16-14(18)15(19)20)21-10-6-2-1-3-7-10/h1-9H,(H,19,20)(H,16,17,18). The van der Waals surface area contributed by atoms with Crippen molar-refractivity contribution in [1.29, 1.82) is 0 Å². The molecule has 1 amide bonds. The van der Waals surface area contributed by atoms with Gasteiger partial charge in [0.2, 0.25) is 5.43 Å². The number of hydrogen-bond acceptors (Lipinski definition) is 4. The predicted octanol–water partition coefficient (Wildman–Crippen LogP) is 1.86. The first-order valence-electron chi connectivity index (χ1n) is 5.98. The lowest BCUT2D eigenvalue weighted by Crippen LogP contribution is -2.24. The molecular formula is C15H11NO5. The lowest BCUT2D eigenvalue weighted by Gasteiger charge is -2.08. The van der Waals surface area contributed by atoms with E-state index in [4.69, 9.17) is 9.84 Å². The van der Waals surface area contributed by atoms with Gasteiger partial charge in [0.25, 0.3) is 0 Å². The second-order valence-electron chi connectivity index (χ2n) is 4.00. The molecule has 0 aliphatic rings. The predicted molar refractivity (Wildman–Crippen MR) is 75.5 cm³/mol. The number of para-hydroxylation sites is 1. The van der Waals surface area contributed by atoms with Gasteiger partial charge in [-0.1, -0.05) is 30.3 Å². The fourth-order valence-corrected chi connectivity index (χ4v) is 1.56. The van der Waals surface area contributed by atoms with E-state index in [0.29, 0.717) is 5.75 Å². The van der Waals surface area contributed by atoms with Gasteiger partial charge < -0.3 is 15.2 Å². The molecule has 0 fully saturated rings. The second-order valence-corrected chi connectivity index (χ2v) is 4.00. The molecule has 0 bridgehead atoms. The number of rotatable bonds is 3. The quantitative estimate of drug-likeness (QED) is 0.840. The number of benzene rings is 1. The number of hydrogen-bond donors (Lipinski definition) is 2. The van der Waals surface area contributed by atoms with Crippen molar-refractivity contribution in [3.05, 3.63) is 64.8 Å². The summed E-state index contributed by atoms with van der Waals surface area (Å²) in [6, 6.07) is 14.3. The van der Waals surface area contributed by atoms with Crippen molar-refractivity contribution in [2.75, 3.05) is 5.32 Å². The number of carbonyl (C=O) groups is 2. The summed E-state index contributed by atoms with van der Waals surface area (Å²) in [4.78, 5) is 33.8. The third-order valence-corrected chi connectivity index (χ3v) is 2.50. The number of amides is 1. The van der Waals surface area contributed by atoms with E-state index in [1.807, 2.05) is 5.32 Å². The van der Waals surface area contributed by atoms with Crippen molar-refractivity contribution in [2.24, 2.45) is 0 Å². The summed E-state index contributed by atoms with van der Waals surface area (Å²) in [5, 5.41) is 10.7. The van der Waals surface area contributed by atoms with Gasteiger partial charge in [0, 0.05) is 0 Å². The molecule has 0 heterocycles. The van der Waals surface area contributed by atoms with E-state index >= 15 is 0 Å². The van der Waals surface area contributed by atoms with Crippen LogP contribution in [0.3, 0.4) is 0 Å². The van der Waals surface area contributed by atoms with Gasteiger partial charge in [0.05, 0.1) is 0 Å². The van der Waals surface area contributed by atoms with Crippen LogP contribution in [0.15, 0.2) is 59.4 Å². The Morgan fingerprint density at radius 2 is 1.57 bits per heavy atom. The summed E-state index contributed by atoms with van der Waals surface area (Å²) in [5.41, 5.74) is -0.781. The summed E-state index contributed by atoms with van der Waals surface area (Å²) >= 11 is 0. The molecule has 0 radical (unpaired) electrons. The number of anilines is 1. The van der Waals surface area contributed by atoms with Crippen LogP contribution in [-0.4, -0.2) is 17.0 Å². The van der Waals surface area contributed by atoms with Gasteiger partial charge in [-0.15, -0.1) is 0 Å². The average molecular weight is 285 g/mol. The molecule has 2 rings (SSSR count). The Morgan fingerprint density at radius 3 is 2.24 bits per heavy atom. The number of carboxylic acids is 1. The Balaban J connectivity index is 2.43. The molecule has 106 valence electrons.